The van der Waals surface area contributed by atoms with Gasteiger partial charge in [-0.2, -0.15) is 0 Å². The van der Waals surface area contributed by atoms with Crippen molar-refractivity contribution in [1.82, 2.24) is 4.90 Å². The molecule has 23 heavy (non-hydrogen) atoms. The van der Waals surface area contributed by atoms with E-state index in [-0.39, 0.29) is 0 Å². The van der Waals surface area contributed by atoms with Crippen molar-refractivity contribution in [1.29, 1.82) is 0 Å². The van der Waals surface area contributed by atoms with Crippen LogP contribution < -0.4 is 15.8 Å². The molecule has 0 radical (unpaired) electrons. The number of unbranched alkanes of at least 4 members (excludes halogenated alkanes) is 1. The molecule has 1 heterocycles. The van der Waals surface area contributed by atoms with Crippen molar-refractivity contribution in [3.05, 3.63) is 24.3 Å². The van der Waals surface area contributed by atoms with Crippen LogP contribution in [-0.2, 0) is 0 Å². The van der Waals surface area contributed by atoms with E-state index in [1.165, 1.54) is 45.2 Å². The Morgan fingerprint density at radius 2 is 2.22 bits per heavy atom. The van der Waals surface area contributed by atoms with E-state index in [4.69, 9.17) is 10.5 Å². The minimum atomic E-state index is 0.454. The molecule has 0 saturated carbocycles. The minimum Gasteiger partial charge on any atom is -0.495 e. The van der Waals surface area contributed by atoms with Crippen molar-refractivity contribution in [2.75, 3.05) is 32.1 Å². The summed E-state index contributed by atoms with van der Waals surface area (Å²) in [4.78, 5) is 7.14. The second kappa shape index (κ2) is 9.40. The van der Waals surface area contributed by atoms with Crippen LogP contribution >= 0.6 is 0 Å². The van der Waals surface area contributed by atoms with Crippen LogP contribution in [0.25, 0.3) is 0 Å². The summed E-state index contributed by atoms with van der Waals surface area (Å²) < 4.78 is 5.32. The molecule has 1 atom stereocenters. The van der Waals surface area contributed by atoms with Gasteiger partial charge in [0.15, 0.2) is 5.96 Å². The summed E-state index contributed by atoms with van der Waals surface area (Å²) in [6, 6.07) is 8.25. The highest BCUT2D eigenvalue weighted by atomic mass is 16.5. The SMILES string of the molecule is CCCCN1CCCCC1CN=C(N)Nc1ccccc1OC. The van der Waals surface area contributed by atoms with Gasteiger partial charge in [0.2, 0.25) is 0 Å². The second-order valence-corrected chi connectivity index (χ2v) is 6.09. The number of methoxy groups -OCH3 is 1. The van der Waals surface area contributed by atoms with Crippen molar-refractivity contribution in [3.8, 4) is 5.75 Å². The maximum Gasteiger partial charge on any atom is 0.193 e. The number of guanidine groups is 1. The number of nitrogens with two attached hydrogens (primary N) is 1. The van der Waals surface area contributed by atoms with Gasteiger partial charge in [-0.15, -0.1) is 0 Å². The predicted octanol–water partition coefficient (Wildman–Crippen LogP) is 3.08. The van der Waals surface area contributed by atoms with Crippen LogP contribution in [0.3, 0.4) is 0 Å². The summed E-state index contributed by atoms with van der Waals surface area (Å²) in [5, 5.41) is 3.14. The average molecular weight is 318 g/mol. The van der Waals surface area contributed by atoms with E-state index < -0.39 is 0 Å². The molecular formula is C18H30N4O. The number of hydrogen-bond donors (Lipinski definition) is 2. The zero-order chi connectivity index (χ0) is 16.5. The molecule has 1 fully saturated rings. The first-order valence-corrected chi connectivity index (χ1v) is 8.68. The smallest absolute Gasteiger partial charge is 0.193 e. The van der Waals surface area contributed by atoms with Gasteiger partial charge in [0, 0.05) is 6.04 Å². The minimum absolute atomic E-state index is 0.454. The molecule has 5 nitrogen and oxygen atoms in total. The molecule has 1 aromatic carbocycles. The van der Waals surface area contributed by atoms with Gasteiger partial charge in [0.1, 0.15) is 5.75 Å². The summed E-state index contributed by atoms with van der Waals surface area (Å²) in [5.41, 5.74) is 6.91. The van der Waals surface area contributed by atoms with Crippen molar-refractivity contribution in [3.63, 3.8) is 0 Å². The van der Waals surface area contributed by atoms with Crippen molar-refractivity contribution < 1.29 is 4.74 Å². The molecule has 3 N–H and O–H groups in total. The third kappa shape index (κ3) is 5.43. The zero-order valence-electron chi connectivity index (χ0n) is 14.4. The molecule has 1 aliphatic heterocycles. The molecule has 0 aromatic heterocycles. The number of para-hydroxylation sites is 2. The van der Waals surface area contributed by atoms with Crippen LogP contribution in [0, 0.1) is 0 Å². The van der Waals surface area contributed by atoms with Crippen LogP contribution in [0.15, 0.2) is 29.3 Å². The largest absolute Gasteiger partial charge is 0.495 e. The second-order valence-electron chi connectivity index (χ2n) is 6.09. The van der Waals surface area contributed by atoms with Crippen LogP contribution in [0.5, 0.6) is 5.75 Å². The molecule has 2 rings (SSSR count). The van der Waals surface area contributed by atoms with Gasteiger partial charge in [-0.1, -0.05) is 31.9 Å². The Labute approximate surface area is 139 Å². The average Bonchev–Trinajstić information content (AvgIpc) is 2.59. The highest BCUT2D eigenvalue weighted by Gasteiger charge is 2.21. The fourth-order valence-corrected chi connectivity index (χ4v) is 3.05. The molecule has 1 saturated heterocycles. The van der Waals surface area contributed by atoms with E-state index in [2.05, 4.69) is 22.1 Å². The Balaban J connectivity index is 1.92. The highest BCUT2D eigenvalue weighted by Crippen LogP contribution is 2.23. The lowest BCUT2D eigenvalue weighted by molar-refractivity contribution is 0.151. The van der Waals surface area contributed by atoms with Crippen molar-refractivity contribution >= 4 is 11.6 Å². The summed E-state index contributed by atoms with van der Waals surface area (Å²) in [7, 11) is 1.65. The summed E-state index contributed by atoms with van der Waals surface area (Å²) in [6.07, 6.45) is 6.32. The van der Waals surface area contributed by atoms with Crippen molar-refractivity contribution in [2.24, 2.45) is 10.7 Å². The van der Waals surface area contributed by atoms with Crippen LogP contribution in [0.1, 0.15) is 39.0 Å². The molecule has 0 amide bonds. The lowest BCUT2D eigenvalue weighted by atomic mass is 10.0. The number of ether oxygens (including phenoxy) is 1. The van der Waals surface area contributed by atoms with E-state index >= 15 is 0 Å². The number of benzene rings is 1. The topological polar surface area (TPSA) is 62.9 Å². The van der Waals surface area contributed by atoms with Gasteiger partial charge >= 0.3 is 0 Å². The van der Waals surface area contributed by atoms with Crippen LogP contribution in [0.2, 0.25) is 0 Å². The molecular weight excluding hydrogens is 288 g/mol. The number of aliphatic imine (C=N–C) groups is 1. The summed E-state index contributed by atoms with van der Waals surface area (Å²) in [5.74, 6) is 1.23. The Hall–Kier alpha value is -1.75. The van der Waals surface area contributed by atoms with E-state index in [0.717, 1.165) is 18.0 Å². The first-order valence-electron chi connectivity index (χ1n) is 8.68. The molecule has 1 aliphatic rings. The van der Waals surface area contributed by atoms with Crippen LogP contribution in [0.4, 0.5) is 5.69 Å². The first kappa shape index (κ1) is 17.6. The van der Waals surface area contributed by atoms with Gasteiger partial charge < -0.3 is 15.8 Å². The quantitative estimate of drug-likeness (QED) is 0.599. The third-order valence-electron chi connectivity index (χ3n) is 4.39. The zero-order valence-corrected chi connectivity index (χ0v) is 14.4. The normalized spacial score (nSPS) is 19.6. The van der Waals surface area contributed by atoms with Gasteiger partial charge in [0.05, 0.1) is 19.3 Å². The maximum absolute atomic E-state index is 6.06. The van der Waals surface area contributed by atoms with Gasteiger partial charge in [-0.05, 0) is 44.5 Å². The maximum atomic E-state index is 6.06. The summed E-state index contributed by atoms with van der Waals surface area (Å²) in [6.45, 7) is 5.38. The lowest BCUT2D eigenvalue weighted by Gasteiger charge is -2.34. The number of hydrogen-bond acceptors (Lipinski definition) is 3. The van der Waals surface area contributed by atoms with E-state index in [1.807, 2.05) is 24.3 Å². The van der Waals surface area contributed by atoms with E-state index in [0.29, 0.717) is 12.0 Å². The van der Waals surface area contributed by atoms with Gasteiger partial charge in [-0.25, -0.2) is 0 Å². The molecule has 0 spiro atoms. The Morgan fingerprint density at radius 1 is 1.39 bits per heavy atom. The number of anilines is 1. The molecule has 1 unspecified atom stereocenters. The predicted molar refractivity (Wildman–Crippen MR) is 97.2 cm³/mol. The molecule has 0 aliphatic carbocycles. The number of piperidine rings is 1. The number of nitrogens with one attached hydrogen (secondary N) is 1. The van der Waals surface area contributed by atoms with E-state index in [1.54, 1.807) is 7.11 Å². The van der Waals surface area contributed by atoms with Gasteiger partial charge in [-0.3, -0.25) is 9.89 Å². The fraction of sp³-hybridized carbons (Fsp3) is 0.611. The van der Waals surface area contributed by atoms with Crippen molar-refractivity contribution in [2.45, 2.75) is 45.1 Å². The molecule has 128 valence electrons. The number of nitrogens with zero attached hydrogens (tertiary/aromatic N) is 2. The first-order chi connectivity index (χ1) is 11.2. The van der Waals surface area contributed by atoms with Crippen LogP contribution in [-0.4, -0.2) is 43.6 Å². The van der Waals surface area contributed by atoms with Gasteiger partial charge in [0.25, 0.3) is 0 Å². The highest BCUT2D eigenvalue weighted by molar-refractivity contribution is 5.93. The van der Waals surface area contributed by atoms with E-state index in [9.17, 15) is 0 Å². The third-order valence-corrected chi connectivity index (χ3v) is 4.39. The number of likely N-dealkylation sites (tertiary alicyclic amines) is 1. The Bertz CT molecular complexity index is 504. The number of rotatable bonds is 7. The summed E-state index contributed by atoms with van der Waals surface area (Å²) >= 11 is 0. The lowest BCUT2D eigenvalue weighted by Crippen LogP contribution is -2.42. The monoisotopic (exact) mass is 318 g/mol. The standard InChI is InChI=1S/C18H30N4O/c1-3-4-12-22-13-8-7-9-15(22)14-20-18(19)21-16-10-5-6-11-17(16)23-2/h5-6,10-11,15H,3-4,7-9,12-14H2,1-2H3,(H3,19,20,21). The molecule has 1 aromatic rings. The fourth-order valence-electron chi connectivity index (χ4n) is 3.05. The molecule has 0 bridgehead atoms. The Morgan fingerprint density at radius 3 is 3.00 bits per heavy atom. The Kier molecular flexibility index (Phi) is 7.20. The molecule has 5 heteroatoms.